The number of piperidine rings is 1. The summed E-state index contributed by atoms with van der Waals surface area (Å²) in [4.78, 5) is 0. The summed E-state index contributed by atoms with van der Waals surface area (Å²) in [6.07, 6.45) is 2.49. The van der Waals surface area contributed by atoms with Crippen molar-refractivity contribution in [2.45, 2.75) is 24.5 Å². The molecule has 1 heterocycles. The van der Waals surface area contributed by atoms with Gasteiger partial charge < -0.3 is 0 Å². The number of rotatable bonds is 5. The van der Waals surface area contributed by atoms with Crippen LogP contribution in [0.5, 0.6) is 0 Å². The first-order chi connectivity index (χ1) is 9.79. The van der Waals surface area contributed by atoms with E-state index in [0.29, 0.717) is 32.4 Å². The third kappa shape index (κ3) is 4.52. The molecule has 0 radical (unpaired) electrons. The van der Waals surface area contributed by atoms with E-state index in [2.05, 4.69) is 0 Å². The molecule has 1 fully saturated rings. The standard InChI is InChI=1S/C14H21NO4S2/c1-20(16,17)14-7-10-15(11-8-14)21(18,19)12-9-13-5-3-2-4-6-13/h2-6,14H,7-12H2,1H3. The van der Waals surface area contributed by atoms with Gasteiger partial charge in [0.2, 0.25) is 10.0 Å². The van der Waals surface area contributed by atoms with Crippen LogP contribution in [0.15, 0.2) is 30.3 Å². The smallest absolute Gasteiger partial charge is 0.214 e. The molecule has 5 nitrogen and oxygen atoms in total. The lowest BCUT2D eigenvalue weighted by Gasteiger charge is -2.30. The number of sulfonamides is 1. The topological polar surface area (TPSA) is 71.5 Å². The Balaban J connectivity index is 1.93. The fraction of sp³-hybridized carbons (Fsp3) is 0.571. The van der Waals surface area contributed by atoms with Crippen LogP contribution in [0, 0.1) is 0 Å². The van der Waals surface area contributed by atoms with E-state index in [1.54, 1.807) is 0 Å². The Labute approximate surface area is 126 Å². The maximum absolute atomic E-state index is 12.3. The van der Waals surface area contributed by atoms with Gasteiger partial charge in [0.05, 0.1) is 11.0 Å². The normalized spacial score (nSPS) is 18.7. The van der Waals surface area contributed by atoms with E-state index in [9.17, 15) is 16.8 Å². The molecule has 21 heavy (non-hydrogen) atoms. The van der Waals surface area contributed by atoms with Crippen molar-refractivity contribution in [1.29, 1.82) is 0 Å². The van der Waals surface area contributed by atoms with Crippen LogP contribution in [0.3, 0.4) is 0 Å². The number of hydrogen-bond donors (Lipinski definition) is 0. The summed E-state index contributed by atoms with van der Waals surface area (Å²) in [7, 11) is -6.38. The van der Waals surface area contributed by atoms with Gasteiger partial charge in [0.25, 0.3) is 0 Å². The van der Waals surface area contributed by atoms with Crippen molar-refractivity contribution < 1.29 is 16.8 Å². The Morgan fingerprint density at radius 2 is 1.62 bits per heavy atom. The molecule has 1 saturated heterocycles. The second kappa shape index (κ2) is 6.46. The van der Waals surface area contributed by atoms with E-state index in [-0.39, 0.29) is 5.75 Å². The second-order valence-corrected chi connectivity index (χ2v) is 9.89. The molecule has 0 saturated carbocycles. The van der Waals surface area contributed by atoms with E-state index >= 15 is 0 Å². The van der Waals surface area contributed by atoms with Crippen molar-refractivity contribution in [3.05, 3.63) is 35.9 Å². The summed E-state index contributed by atoms with van der Waals surface area (Å²) in [5.74, 6) is 0.0700. The SMILES string of the molecule is CS(=O)(=O)C1CCN(S(=O)(=O)CCc2ccccc2)CC1. The van der Waals surface area contributed by atoms with E-state index in [4.69, 9.17) is 0 Å². The summed E-state index contributed by atoms with van der Waals surface area (Å²) in [5.41, 5.74) is 0.993. The quantitative estimate of drug-likeness (QED) is 0.809. The van der Waals surface area contributed by atoms with E-state index in [0.717, 1.165) is 5.56 Å². The molecule has 0 aromatic heterocycles. The number of nitrogens with zero attached hydrogens (tertiary/aromatic N) is 1. The van der Waals surface area contributed by atoms with Crippen LogP contribution in [0.25, 0.3) is 0 Å². The Kier molecular flexibility index (Phi) is 5.06. The Morgan fingerprint density at radius 1 is 1.05 bits per heavy atom. The van der Waals surface area contributed by atoms with Gasteiger partial charge >= 0.3 is 0 Å². The van der Waals surface area contributed by atoms with Crippen LogP contribution in [-0.2, 0) is 26.3 Å². The summed E-state index contributed by atoms with van der Waals surface area (Å²) in [6, 6.07) is 9.49. The second-order valence-electron chi connectivity index (χ2n) is 5.48. The molecule has 0 spiro atoms. The maximum Gasteiger partial charge on any atom is 0.214 e. The van der Waals surface area contributed by atoms with Gasteiger partial charge in [-0.3, -0.25) is 0 Å². The minimum Gasteiger partial charge on any atom is -0.229 e. The van der Waals surface area contributed by atoms with Crippen molar-refractivity contribution >= 4 is 19.9 Å². The van der Waals surface area contributed by atoms with E-state index in [1.165, 1.54) is 10.6 Å². The molecule has 0 aliphatic carbocycles. The highest BCUT2D eigenvalue weighted by atomic mass is 32.2. The van der Waals surface area contributed by atoms with Crippen LogP contribution in [0.4, 0.5) is 0 Å². The fourth-order valence-corrected chi connectivity index (χ4v) is 5.15. The zero-order valence-electron chi connectivity index (χ0n) is 12.1. The van der Waals surface area contributed by atoms with Gasteiger partial charge in [-0.2, -0.15) is 0 Å². The first-order valence-corrected chi connectivity index (χ1v) is 10.6. The van der Waals surface area contributed by atoms with Gasteiger partial charge in [0.1, 0.15) is 9.84 Å². The van der Waals surface area contributed by atoms with Crippen LogP contribution < -0.4 is 0 Å². The van der Waals surface area contributed by atoms with Crippen molar-refractivity contribution in [3.63, 3.8) is 0 Å². The molecule has 0 N–H and O–H groups in total. The van der Waals surface area contributed by atoms with Crippen molar-refractivity contribution in [1.82, 2.24) is 4.31 Å². The minimum atomic E-state index is -3.31. The van der Waals surface area contributed by atoms with E-state index < -0.39 is 25.1 Å². The first-order valence-electron chi connectivity index (χ1n) is 7.00. The van der Waals surface area contributed by atoms with E-state index in [1.807, 2.05) is 30.3 Å². The average molecular weight is 331 g/mol. The molecule has 1 aromatic rings. The lowest BCUT2D eigenvalue weighted by atomic mass is 10.2. The fourth-order valence-electron chi connectivity index (χ4n) is 2.56. The monoisotopic (exact) mass is 331 g/mol. The Morgan fingerprint density at radius 3 is 2.14 bits per heavy atom. The number of aryl methyl sites for hydroxylation is 1. The lowest BCUT2D eigenvalue weighted by molar-refractivity contribution is 0.346. The van der Waals surface area contributed by atoms with Gasteiger partial charge in [-0.15, -0.1) is 0 Å². The highest BCUT2D eigenvalue weighted by molar-refractivity contribution is 7.91. The van der Waals surface area contributed by atoms with Gasteiger partial charge in [0.15, 0.2) is 0 Å². The van der Waals surface area contributed by atoms with Gasteiger partial charge in [0, 0.05) is 19.3 Å². The first kappa shape index (κ1) is 16.5. The van der Waals surface area contributed by atoms with Crippen LogP contribution >= 0.6 is 0 Å². The highest BCUT2D eigenvalue weighted by Crippen LogP contribution is 2.20. The summed E-state index contributed by atoms with van der Waals surface area (Å²) >= 11 is 0. The molecule has 0 atom stereocenters. The van der Waals surface area contributed by atoms with Crippen molar-refractivity contribution in [2.75, 3.05) is 25.1 Å². The molecule has 2 rings (SSSR count). The molecule has 0 unspecified atom stereocenters. The predicted octanol–water partition coefficient (Wildman–Crippen LogP) is 1.07. The Bertz CT molecular complexity index is 660. The van der Waals surface area contributed by atoms with Crippen LogP contribution in [-0.4, -0.2) is 51.5 Å². The highest BCUT2D eigenvalue weighted by Gasteiger charge is 2.31. The molecular weight excluding hydrogens is 310 g/mol. The third-order valence-electron chi connectivity index (χ3n) is 3.89. The van der Waals surface area contributed by atoms with Gasteiger partial charge in [-0.05, 0) is 24.8 Å². The predicted molar refractivity (Wildman–Crippen MR) is 83.4 cm³/mol. The summed E-state index contributed by atoms with van der Waals surface area (Å²) in [6.45, 7) is 0.601. The molecule has 1 aliphatic heterocycles. The molecule has 118 valence electrons. The Hall–Kier alpha value is -0.920. The van der Waals surface area contributed by atoms with Gasteiger partial charge in [-0.1, -0.05) is 30.3 Å². The lowest BCUT2D eigenvalue weighted by Crippen LogP contribution is -2.43. The molecule has 0 amide bonds. The van der Waals surface area contributed by atoms with Crippen LogP contribution in [0.1, 0.15) is 18.4 Å². The molecule has 0 bridgehead atoms. The molecule has 1 aromatic carbocycles. The zero-order chi connectivity index (χ0) is 15.5. The number of hydrogen-bond acceptors (Lipinski definition) is 4. The third-order valence-corrected chi connectivity index (χ3v) is 7.45. The van der Waals surface area contributed by atoms with Crippen molar-refractivity contribution in [3.8, 4) is 0 Å². The van der Waals surface area contributed by atoms with Crippen molar-refractivity contribution in [2.24, 2.45) is 0 Å². The number of benzene rings is 1. The maximum atomic E-state index is 12.3. The molecular formula is C14H21NO4S2. The van der Waals surface area contributed by atoms with Crippen LogP contribution in [0.2, 0.25) is 0 Å². The average Bonchev–Trinajstić information content (AvgIpc) is 2.46. The van der Waals surface area contributed by atoms with Gasteiger partial charge in [-0.25, -0.2) is 21.1 Å². The summed E-state index contributed by atoms with van der Waals surface area (Å²) < 4.78 is 49.0. The molecule has 7 heteroatoms. The molecule has 1 aliphatic rings. The zero-order valence-corrected chi connectivity index (χ0v) is 13.7. The minimum absolute atomic E-state index is 0.0700. The largest absolute Gasteiger partial charge is 0.229 e. The summed E-state index contributed by atoms with van der Waals surface area (Å²) in [5, 5.41) is -0.405. The number of sulfone groups is 1.